The summed E-state index contributed by atoms with van der Waals surface area (Å²) in [5, 5.41) is 2.69. The summed E-state index contributed by atoms with van der Waals surface area (Å²) >= 11 is 0. The van der Waals surface area contributed by atoms with E-state index < -0.39 is 0 Å². The molecule has 1 unspecified atom stereocenters. The maximum absolute atomic E-state index is 11.3. The van der Waals surface area contributed by atoms with Gasteiger partial charge in [-0.1, -0.05) is 0 Å². The minimum Gasteiger partial charge on any atom is -0.466 e. The summed E-state index contributed by atoms with van der Waals surface area (Å²) in [6, 6.07) is 0. The van der Waals surface area contributed by atoms with Gasteiger partial charge < -0.3 is 14.8 Å². The van der Waals surface area contributed by atoms with Gasteiger partial charge in [0.2, 0.25) is 5.91 Å². The van der Waals surface area contributed by atoms with E-state index in [1.54, 1.807) is 6.92 Å². The molecule has 0 saturated heterocycles. The summed E-state index contributed by atoms with van der Waals surface area (Å²) in [4.78, 5) is 22.2. The highest BCUT2D eigenvalue weighted by atomic mass is 16.5. The standard InChI is InChI=1S/C11H21NO4/c1-4-15-9(3)8-12-10(13)6-7-11(14)16-5-2/h9H,4-8H2,1-3H3,(H,12,13). The molecule has 94 valence electrons. The summed E-state index contributed by atoms with van der Waals surface area (Å²) in [5.41, 5.74) is 0. The van der Waals surface area contributed by atoms with Gasteiger partial charge in [-0.2, -0.15) is 0 Å². The van der Waals surface area contributed by atoms with Gasteiger partial charge in [0.25, 0.3) is 0 Å². The van der Waals surface area contributed by atoms with Gasteiger partial charge in [-0.25, -0.2) is 0 Å². The molecule has 16 heavy (non-hydrogen) atoms. The van der Waals surface area contributed by atoms with Crippen molar-refractivity contribution in [2.45, 2.75) is 39.7 Å². The predicted octanol–water partition coefficient (Wildman–Crippen LogP) is 0.871. The molecule has 0 radical (unpaired) electrons. The monoisotopic (exact) mass is 231 g/mol. The molecule has 0 spiro atoms. The third-order valence-electron chi connectivity index (χ3n) is 1.90. The van der Waals surface area contributed by atoms with Gasteiger partial charge in [0, 0.05) is 19.6 Å². The van der Waals surface area contributed by atoms with Crippen LogP contribution in [-0.2, 0) is 19.1 Å². The Morgan fingerprint density at radius 3 is 2.44 bits per heavy atom. The second kappa shape index (κ2) is 9.15. The summed E-state index contributed by atoms with van der Waals surface area (Å²) in [7, 11) is 0. The van der Waals surface area contributed by atoms with Gasteiger partial charge in [0.15, 0.2) is 0 Å². The zero-order chi connectivity index (χ0) is 12.4. The molecule has 1 atom stereocenters. The van der Waals surface area contributed by atoms with Gasteiger partial charge in [0.1, 0.15) is 0 Å². The highest BCUT2D eigenvalue weighted by molar-refractivity contribution is 5.81. The normalized spacial score (nSPS) is 11.9. The van der Waals surface area contributed by atoms with Crippen LogP contribution in [0.25, 0.3) is 0 Å². The third kappa shape index (κ3) is 8.23. The Labute approximate surface area is 96.5 Å². The number of carbonyl (C=O) groups excluding carboxylic acids is 2. The number of carbonyl (C=O) groups is 2. The molecule has 0 fully saturated rings. The Kier molecular flexibility index (Phi) is 8.52. The molecule has 0 saturated carbocycles. The van der Waals surface area contributed by atoms with E-state index in [2.05, 4.69) is 5.32 Å². The Morgan fingerprint density at radius 1 is 1.19 bits per heavy atom. The molecule has 0 heterocycles. The lowest BCUT2D eigenvalue weighted by atomic mass is 10.3. The van der Waals surface area contributed by atoms with Crippen molar-refractivity contribution in [2.24, 2.45) is 0 Å². The first-order valence-electron chi connectivity index (χ1n) is 5.64. The fourth-order valence-electron chi connectivity index (χ4n) is 1.14. The van der Waals surface area contributed by atoms with Crippen molar-refractivity contribution >= 4 is 11.9 Å². The van der Waals surface area contributed by atoms with Crippen LogP contribution in [0.2, 0.25) is 0 Å². The molecule has 0 aliphatic carbocycles. The lowest BCUT2D eigenvalue weighted by molar-refractivity contribution is -0.144. The Bertz CT molecular complexity index is 218. The average Bonchev–Trinajstić information content (AvgIpc) is 2.24. The van der Waals surface area contributed by atoms with Crippen LogP contribution >= 0.6 is 0 Å². The molecule has 0 aromatic heterocycles. The zero-order valence-electron chi connectivity index (χ0n) is 10.2. The molecule has 0 bridgehead atoms. The van der Waals surface area contributed by atoms with Gasteiger partial charge in [-0.05, 0) is 20.8 Å². The smallest absolute Gasteiger partial charge is 0.306 e. The van der Waals surface area contributed by atoms with E-state index in [9.17, 15) is 9.59 Å². The number of rotatable bonds is 8. The van der Waals surface area contributed by atoms with Gasteiger partial charge >= 0.3 is 5.97 Å². The first-order chi connectivity index (χ1) is 7.60. The van der Waals surface area contributed by atoms with Gasteiger partial charge in [0.05, 0.1) is 19.1 Å². The van der Waals surface area contributed by atoms with E-state index in [4.69, 9.17) is 9.47 Å². The number of hydrogen-bond donors (Lipinski definition) is 1. The minimum absolute atomic E-state index is 0.00320. The number of hydrogen-bond acceptors (Lipinski definition) is 4. The maximum Gasteiger partial charge on any atom is 0.306 e. The first kappa shape index (κ1) is 14.9. The lowest BCUT2D eigenvalue weighted by Crippen LogP contribution is -2.32. The molecule has 0 rings (SSSR count). The Hall–Kier alpha value is -1.10. The summed E-state index contributed by atoms with van der Waals surface area (Å²) < 4.78 is 9.96. The quantitative estimate of drug-likeness (QED) is 0.630. The van der Waals surface area contributed by atoms with Crippen LogP contribution in [0.15, 0.2) is 0 Å². The first-order valence-corrected chi connectivity index (χ1v) is 5.64. The van der Waals surface area contributed by atoms with Crippen LogP contribution < -0.4 is 5.32 Å². The van der Waals surface area contributed by atoms with Crippen molar-refractivity contribution in [3.05, 3.63) is 0 Å². The van der Waals surface area contributed by atoms with E-state index >= 15 is 0 Å². The van der Waals surface area contributed by atoms with Crippen LogP contribution in [0.4, 0.5) is 0 Å². The van der Waals surface area contributed by atoms with E-state index in [1.807, 2.05) is 13.8 Å². The molecule has 1 amide bonds. The molecule has 0 aliphatic heterocycles. The van der Waals surface area contributed by atoms with Crippen molar-refractivity contribution in [1.82, 2.24) is 5.32 Å². The van der Waals surface area contributed by atoms with Crippen molar-refractivity contribution in [1.29, 1.82) is 0 Å². The van der Waals surface area contributed by atoms with E-state index in [0.717, 1.165) is 0 Å². The Morgan fingerprint density at radius 2 is 1.88 bits per heavy atom. The van der Waals surface area contributed by atoms with Crippen molar-refractivity contribution in [2.75, 3.05) is 19.8 Å². The molecule has 1 N–H and O–H groups in total. The number of esters is 1. The van der Waals surface area contributed by atoms with Crippen LogP contribution in [0.3, 0.4) is 0 Å². The van der Waals surface area contributed by atoms with Crippen LogP contribution in [0, 0.1) is 0 Å². The summed E-state index contributed by atoms with van der Waals surface area (Å²) in [5.74, 6) is -0.491. The summed E-state index contributed by atoms with van der Waals surface area (Å²) in [6.45, 7) is 6.97. The van der Waals surface area contributed by atoms with Crippen LogP contribution in [0.1, 0.15) is 33.6 Å². The van der Waals surface area contributed by atoms with E-state index in [-0.39, 0.29) is 30.8 Å². The largest absolute Gasteiger partial charge is 0.466 e. The SMILES string of the molecule is CCOC(=O)CCC(=O)NCC(C)OCC. The Balaban J connectivity index is 3.55. The van der Waals surface area contributed by atoms with Gasteiger partial charge in [-0.3, -0.25) is 9.59 Å². The van der Waals surface area contributed by atoms with Crippen LogP contribution in [0.5, 0.6) is 0 Å². The minimum atomic E-state index is -0.337. The zero-order valence-corrected chi connectivity index (χ0v) is 10.2. The van der Waals surface area contributed by atoms with Crippen LogP contribution in [-0.4, -0.2) is 37.7 Å². The third-order valence-corrected chi connectivity index (χ3v) is 1.90. The number of nitrogens with one attached hydrogen (secondary N) is 1. The maximum atomic E-state index is 11.3. The molecule has 0 aliphatic rings. The average molecular weight is 231 g/mol. The summed E-state index contributed by atoms with van der Waals surface area (Å²) in [6.07, 6.45) is 0.289. The highest BCUT2D eigenvalue weighted by Crippen LogP contribution is 1.94. The van der Waals surface area contributed by atoms with Crippen molar-refractivity contribution < 1.29 is 19.1 Å². The van der Waals surface area contributed by atoms with E-state index in [1.165, 1.54) is 0 Å². The fourth-order valence-corrected chi connectivity index (χ4v) is 1.14. The number of amides is 1. The molecule has 5 heteroatoms. The fraction of sp³-hybridized carbons (Fsp3) is 0.818. The predicted molar refractivity (Wildman–Crippen MR) is 60.0 cm³/mol. The lowest BCUT2D eigenvalue weighted by Gasteiger charge is -2.12. The van der Waals surface area contributed by atoms with Gasteiger partial charge in [-0.15, -0.1) is 0 Å². The molecule has 0 aromatic rings. The number of ether oxygens (including phenoxy) is 2. The topological polar surface area (TPSA) is 64.6 Å². The molecule has 5 nitrogen and oxygen atoms in total. The van der Waals surface area contributed by atoms with Crippen molar-refractivity contribution in [3.8, 4) is 0 Å². The highest BCUT2D eigenvalue weighted by Gasteiger charge is 2.08. The second-order valence-corrected chi connectivity index (χ2v) is 3.38. The molecular formula is C11H21NO4. The van der Waals surface area contributed by atoms with E-state index in [0.29, 0.717) is 19.8 Å². The molecule has 0 aromatic carbocycles. The second-order valence-electron chi connectivity index (χ2n) is 3.38. The molecular weight excluding hydrogens is 210 g/mol. The van der Waals surface area contributed by atoms with Crippen molar-refractivity contribution in [3.63, 3.8) is 0 Å².